The summed E-state index contributed by atoms with van der Waals surface area (Å²) >= 11 is 6.14. The number of hydrogen-bond acceptors (Lipinski definition) is 7. The third kappa shape index (κ3) is 4.41. The highest BCUT2D eigenvalue weighted by molar-refractivity contribution is 6.31. The molecule has 8 nitrogen and oxygen atoms in total. The summed E-state index contributed by atoms with van der Waals surface area (Å²) in [5.74, 6) is 2.42. The van der Waals surface area contributed by atoms with Gasteiger partial charge in [0, 0.05) is 47.1 Å². The van der Waals surface area contributed by atoms with Gasteiger partial charge < -0.3 is 34.1 Å². The van der Waals surface area contributed by atoms with Gasteiger partial charge in [-0.1, -0.05) is 16.8 Å². The van der Waals surface area contributed by atoms with E-state index in [2.05, 4.69) is 15.5 Å². The molecule has 0 saturated carbocycles. The highest BCUT2D eigenvalue weighted by atomic mass is 35.5. The molecule has 0 amide bonds. The number of hydrogen-bond donors (Lipinski definition) is 2. The minimum absolute atomic E-state index is 0.0727. The summed E-state index contributed by atoms with van der Waals surface area (Å²) < 4.78 is 22.2. The predicted octanol–water partition coefficient (Wildman–Crippen LogP) is 4.09. The van der Waals surface area contributed by atoms with Gasteiger partial charge in [0.25, 0.3) is 0 Å². The minimum Gasteiger partial charge on any atom is -0.493 e. The summed E-state index contributed by atoms with van der Waals surface area (Å²) in [7, 11) is 3.23. The largest absolute Gasteiger partial charge is 0.493 e. The van der Waals surface area contributed by atoms with Gasteiger partial charge in [0.1, 0.15) is 6.10 Å². The topological polar surface area (TPSA) is 86.3 Å². The van der Waals surface area contributed by atoms with E-state index in [1.807, 2.05) is 30.5 Å². The van der Waals surface area contributed by atoms with Gasteiger partial charge in [0.05, 0.1) is 19.9 Å². The van der Waals surface area contributed by atoms with Crippen LogP contribution in [0.5, 0.6) is 23.0 Å². The second-order valence-electron chi connectivity index (χ2n) is 8.06. The number of methoxy groups -OCH3 is 2. The van der Waals surface area contributed by atoms with Crippen molar-refractivity contribution in [1.29, 1.82) is 0 Å². The first kappa shape index (κ1) is 21.7. The summed E-state index contributed by atoms with van der Waals surface area (Å²) in [6.07, 6.45) is 4.24. The molecular weight excluding hydrogens is 446 g/mol. The fraction of sp³-hybridized carbons (Fsp3) is 0.375. The molecule has 0 aliphatic carbocycles. The zero-order valence-electron chi connectivity index (χ0n) is 18.6. The Kier molecular flexibility index (Phi) is 6.20. The van der Waals surface area contributed by atoms with Crippen LogP contribution in [0.15, 0.2) is 35.6 Å². The smallest absolute Gasteiger partial charge is 0.231 e. The number of ether oxygens (including phenoxy) is 4. The van der Waals surface area contributed by atoms with Crippen LogP contribution in [0.4, 0.5) is 0 Å². The zero-order chi connectivity index (χ0) is 22.8. The third-order valence-corrected chi connectivity index (χ3v) is 6.17. The summed E-state index contributed by atoms with van der Waals surface area (Å²) in [5, 5.41) is 9.66. The molecule has 0 fully saturated rings. The van der Waals surface area contributed by atoms with Crippen LogP contribution in [0.2, 0.25) is 5.02 Å². The second-order valence-corrected chi connectivity index (χ2v) is 8.50. The van der Waals surface area contributed by atoms with Crippen molar-refractivity contribution in [2.45, 2.75) is 25.4 Å². The quantitative estimate of drug-likeness (QED) is 0.457. The van der Waals surface area contributed by atoms with Gasteiger partial charge >= 0.3 is 0 Å². The number of nitrogens with one attached hydrogen (secondary N) is 2. The molecule has 1 aromatic heterocycles. The van der Waals surface area contributed by atoms with Gasteiger partial charge in [0.15, 0.2) is 11.5 Å². The Hall–Kier alpha value is -3.10. The first-order valence-electron chi connectivity index (χ1n) is 10.9. The Labute approximate surface area is 196 Å². The second kappa shape index (κ2) is 9.41. The molecule has 0 saturated heterocycles. The molecule has 3 heterocycles. The SMILES string of the molecule is COc1cc(C[C@@H]2CC(CNCCc3c[nH]c4ccc(Cl)cc34)=NO2)c(OC)c2c1OCO2. The van der Waals surface area contributed by atoms with Crippen molar-refractivity contribution in [3.8, 4) is 23.0 Å². The number of aromatic nitrogens is 1. The van der Waals surface area contributed by atoms with Crippen molar-refractivity contribution in [1.82, 2.24) is 10.3 Å². The summed E-state index contributed by atoms with van der Waals surface area (Å²) in [6, 6.07) is 7.82. The molecule has 2 aliphatic rings. The molecule has 2 N–H and O–H groups in total. The van der Waals surface area contributed by atoms with E-state index in [9.17, 15) is 0 Å². The van der Waals surface area contributed by atoms with Crippen molar-refractivity contribution < 1.29 is 23.8 Å². The van der Waals surface area contributed by atoms with Crippen molar-refractivity contribution >= 4 is 28.2 Å². The van der Waals surface area contributed by atoms with Crippen LogP contribution in [0.25, 0.3) is 10.9 Å². The molecule has 0 radical (unpaired) electrons. The summed E-state index contributed by atoms with van der Waals surface area (Å²) in [4.78, 5) is 8.99. The number of fused-ring (bicyclic) bond motifs is 2. The monoisotopic (exact) mass is 471 g/mol. The maximum absolute atomic E-state index is 6.14. The van der Waals surface area contributed by atoms with Crippen molar-refractivity contribution in [2.75, 3.05) is 34.1 Å². The Bertz CT molecular complexity index is 1190. The van der Waals surface area contributed by atoms with Crippen LogP contribution in [-0.2, 0) is 17.7 Å². The summed E-state index contributed by atoms with van der Waals surface area (Å²) in [6.45, 7) is 1.66. The molecule has 9 heteroatoms. The van der Waals surface area contributed by atoms with Gasteiger partial charge in [0.2, 0.25) is 18.3 Å². The van der Waals surface area contributed by atoms with E-state index in [0.29, 0.717) is 36.0 Å². The number of rotatable bonds is 9. The number of benzene rings is 2. The number of halogens is 1. The normalized spacial score (nSPS) is 16.7. The van der Waals surface area contributed by atoms with Crippen molar-refractivity contribution in [3.05, 3.63) is 46.6 Å². The first-order valence-corrected chi connectivity index (χ1v) is 11.2. The average Bonchev–Trinajstić information content (AvgIpc) is 3.56. The van der Waals surface area contributed by atoms with E-state index in [4.69, 9.17) is 35.4 Å². The molecule has 5 rings (SSSR count). The molecule has 2 aliphatic heterocycles. The lowest BCUT2D eigenvalue weighted by Gasteiger charge is -2.15. The molecule has 0 spiro atoms. The van der Waals surface area contributed by atoms with Crippen LogP contribution < -0.4 is 24.3 Å². The maximum Gasteiger partial charge on any atom is 0.231 e. The standard InChI is InChI=1S/C24H26ClN3O5/c1-29-21-8-15(22(30-2)24-23(21)31-13-32-24)7-18-10-17(28-33-18)12-26-6-5-14-11-27-20-4-3-16(25)9-19(14)20/h3-4,8-9,11,18,26-27H,5-7,10,12-13H2,1-2H3/t18-/m1/s1. The molecule has 2 aromatic carbocycles. The van der Waals surface area contributed by atoms with E-state index in [1.54, 1.807) is 14.2 Å². The van der Waals surface area contributed by atoms with Gasteiger partial charge in [-0.15, -0.1) is 0 Å². The zero-order valence-corrected chi connectivity index (χ0v) is 19.3. The van der Waals surface area contributed by atoms with Gasteiger partial charge in [-0.3, -0.25) is 0 Å². The van der Waals surface area contributed by atoms with Crippen molar-refractivity contribution in [3.63, 3.8) is 0 Å². The highest BCUT2D eigenvalue weighted by Gasteiger charge is 2.30. The third-order valence-electron chi connectivity index (χ3n) is 5.94. The molecule has 3 aromatic rings. The van der Waals surface area contributed by atoms with Gasteiger partial charge in [-0.2, -0.15) is 0 Å². The van der Waals surface area contributed by atoms with E-state index >= 15 is 0 Å². The molecule has 33 heavy (non-hydrogen) atoms. The predicted molar refractivity (Wildman–Crippen MR) is 126 cm³/mol. The van der Waals surface area contributed by atoms with Crippen LogP contribution >= 0.6 is 11.6 Å². The van der Waals surface area contributed by atoms with E-state index < -0.39 is 0 Å². The fourth-order valence-corrected chi connectivity index (χ4v) is 4.52. The fourth-order valence-electron chi connectivity index (χ4n) is 4.35. The van der Waals surface area contributed by atoms with Crippen molar-refractivity contribution in [2.24, 2.45) is 5.16 Å². The van der Waals surface area contributed by atoms with E-state index in [0.717, 1.165) is 41.2 Å². The maximum atomic E-state index is 6.14. The molecule has 174 valence electrons. The van der Waals surface area contributed by atoms with E-state index in [-0.39, 0.29) is 12.9 Å². The lowest BCUT2D eigenvalue weighted by molar-refractivity contribution is 0.0853. The van der Waals surface area contributed by atoms with Gasteiger partial charge in [-0.25, -0.2) is 0 Å². The van der Waals surface area contributed by atoms with Crippen LogP contribution in [0.1, 0.15) is 17.5 Å². The van der Waals surface area contributed by atoms with Crippen LogP contribution in [0.3, 0.4) is 0 Å². The molecule has 0 unspecified atom stereocenters. The molecule has 1 atom stereocenters. The Balaban J connectivity index is 1.14. The first-order chi connectivity index (χ1) is 16.2. The van der Waals surface area contributed by atoms with Crippen LogP contribution in [-0.4, -0.2) is 50.9 Å². The number of aromatic amines is 1. The number of H-pyrrole nitrogens is 1. The number of nitrogens with zero attached hydrogens (tertiary/aromatic N) is 1. The minimum atomic E-state index is -0.0727. The van der Waals surface area contributed by atoms with E-state index in [1.165, 1.54) is 10.9 Å². The Morgan fingerprint density at radius 3 is 2.88 bits per heavy atom. The van der Waals surface area contributed by atoms with Crippen LogP contribution in [0, 0.1) is 0 Å². The Morgan fingerprint density at radius 1 is 1.15 bits per heavy atom. The Morgan fingerprint density at radius 2 is 2.03 bits per heavy atom. The van der Waals surface area contributed by atoms with Gasteiger partial charge in [-0.05, 0) is 42.8 Å². The number of oxime groups is 1. The summed E-state index contributed by atoms with van der Waals surface area (Å²) in [5.41, 5.74) is 4.27. The molecular formula is C24H26ClN3O5. The molecule has 0 bridgehead atoms. The highest BCUT2D eigenvalue weighted by Crippen LogP contribution is 2.50. The average molecular weight is 472 g/mol. The lowest BCUT2D eigenvalue weighted by atomic mass is 10.0. The lowest BCUT2D eigenvalue weighted by Crippen LogP contribution is -2.25.